The smallest absolute Gasteiger partial charge is 0.228 e. The topological polar surface area (TPSA) is 50.4 Å². The van der Waals surface area contributed by atoms with Crippen molar-refractivity contribution < 1.29 is 9.53 Å². The molecule has 1 aliphatic carbocycles. The van der Waals surface area contributed by atoms with Gasteiger partial charge in [-0.15, -0.1) is 0 Å². The van der Waals surface area contributed by atoms with Crippen LogP contribution in [0, 0.1) is 17.3 Å². The molecule has 4 heteroatoms. The van der Waals surface area contributed by atoms with Crippen molar-refractivity contribution in [3.63, 3.8) is 0 Å². The summed E-state index contributed by atoms with van der Waals surface area (Å²) in [7, 11) is 1.70. The molecule has 128 valence electrons. The van der Waals surface area contributed by atoms with Crippen LogP contribution in [0.1, 0.15) is 58.8 Å². The third-order valence-corrected chi connectivity index (χ3v) is 6.00. The fourth-order valence-electron chi connectivity index (χ4n) is 4.18. The molecular weight excluding hydrogens is 276 g/mol. The first-order valence-corrected chi connectivity index (χ1v) is 9.10. The molecule has 0 aromatic rings. The lowest BCUT2D eigenvalue weighted by atomic mass is 9.76. The Hall–Kier alpha value is -0.610. The Balaban J connectivity index is 1.93. The van der Waals surface area contributed by atoms with E-state index in [0.717, 1.165) is 31.8 Å². The standard InChI is InChI=1S/C18H34N2O2/c1-14(16-7-5-4-6-8-16)15(2)20-17(21)18(13-22-3)9-11-19-12-10-18/h14-16,19H,4-13H2,1-3H3,(H,20,21). The molecule has 1 heterocycles. The van der Waals surface area contributed by atoms with Crippen LogP contribution in [0.25, 0.3) is 0 Å². The molecule has 0 aromatic heterocycles. The van der Waals surface area contributed by atoms with Crippen molar-refractivity contribution in [2.75, 3.05) is 26.8 Å². The van der Waals surface area contributed by atoms with Crippen molar-refractivity contribution in [1.29, 1.82) is 0 Å². The van der Waals surface area contributed by atoms with Crippen molar-refractivity contribution in [3.05, 3.63) is 0 Å². The van der Waals surface area contributed by atoms with Crippen LogP contribution in [0.2, 0.25) is 0 Å². The fourth-order valence-corrected chi connectivity index (χ4v) is 4.18. The third kappa shape index (κ3) is 4.23. The van der Waals surface area contributed by atoms with Gasteiger partial charge in [-0.3, -0.25) is 4.79 Å². The van der Waals surface area contributed by atoms with Crippen molar-refractivity contribution in [3.8, 4) is 0 Å². The highest BCUT2D eigenvalue weighted by atomic mass is 16.5. The SMILES string of the molecule is COCC1(C(=O)NC(C)C(C)C2CCCCC2)CCNCC1. The summed E-state index contributed by atoms with van der Waals surface area (Å²) in [5.41, 5.74) is -0.333. The largest absolute Gasteiger partial charge is 0.384 e. The number of methoxy groups -OCH3 is 1. The first-order chi connectivity index (χ1) is 10.6. The zero-order valence-corrected chi connectivity index (χ0v) is 14.6. The number of piperidine rings is 1. The predicted octanol–water partition coefficient (Wildman–Crippen LogP) is 2.72. The van der Waals surface area contributed by atoms with Crippen LogP contribution in [-0.4, -0.2) is 38.8 Å². The van der Waals surface area contributed by atoms with Crippen molar-refractivity contribution in [2.24, 2.45) is 17.3 Å². The average Bonchev–Trinajstić information content (AvgIpc) is 2.56. The zero-order valence-electron chi connectivity index (χ0n) is 14.6. The van der Waals surface area contributed by atoms with E-state index in [1.165, 1.54) is 32.1 Å². The van der Waals surface area contributed by atoms with Gasteiger partial charge in [0, 0.05) is 13.2 Å². The molecule has 22 heavy (non-hydrogen) atoms. The fraction of sp³-hybridized carbons (Fsp3) is 0.944. The number of carbonyl (C=O) groups excluding carboxylic acids is 1. The first kappa shape index (κ1) is 17.7. The van der Waals surface area contributed by atoms with Gasteiger partial charge in [0.05, 0.1) is 12.0 Å². The number of carbonyl (C=O) groups is 1. The highest BCUT2D eigenvalue weighted by molar-refractivity contribution is 5.83. The third-order valence-electron chi connectivity index (χ3n) is 6.00. The number of ether oxygens (including phenoxy) is 1. The van der Waals surface area contributed by atoms with Crippen LogP contribution in [-0.2, 0) is 9.53 Å². The van der Waals surface area contributed by atoms with Crippen molar-refractivity contribution >= 4 is 5.91 Å². The minimum atomic E-state index is -0.333. The maximum Gasteiger partial charge on any atom is 0.228 e. The van der Waals surface area contributed by atoms with Gasteiger partial charge in [0.1, 0.15) is 0 Å². The molecule has 4 nitrogen and oxygen atoms in total. The van der Waals surface area contributed by atoms with Crippen LogP contribution in [0.15, 0.2) is 0 Å². The summed E-state index contributed by atoms with van der Waals surface area (Å²) in [6.45, 7) is 6.84. The predicted molar refractivity (Wildman–Crippen MR) is 89.8 cm³/mol. The van der Waals surface area contributed by atoms with Gasteiger partial charge < -0.3 is 15.4 Å². The highest BCUT2D eigenvalue weighted by Gasteiger charge is 2.40. The molecule has 1 aliphatic heterocycles. The summed E-state index contributed by atoms with van der Waals surface area (Å²) in [5, 5.41) is 6.67. The van der Waals surface area contributed by atoms with Crippen molar-refractivity contribution in [1.82, 2.24) is 10.6 Å². The normalized spacial score (nSPS) is 25.4. The van der Waals surface area contributed by atoms with Gasteiger partial charge in [-0.1, -0.05) is 39.0 Å². The van der Waals surface area contributed by atoms with Gasteiger partial charge >= 0.3 is 0 Å². The molecule has 2 fully saturated rings. The molecular formula is C18H34N2O2. The number of hydrogen-bond acceptors (Lipinski definition) is 3. The summed E-state index contributed by atoms with van der Waals surface area (Å²) < 4.78 is 5.38. The molecule has 1 amide bonds. The lowest BCUT2D eigenvalue weighted by molar-refractivity contribution is -0.137. The lowest BCUT2D eigenvalue weighted by Crippen LogP contribution is -2.53. The second-order valence-corrected chi connectivity index (χ2v) is 7.48. The van der Waals surface area contributed by atoms with E-state index in [1.807, 2.05) is 0 Å². The Kier molecular flexibility index (Phi) is 6.69. The Morgan fingerprint density at radius 3 is 2.45 bits per heavy atom. The number of rotatable bonds is 6. The van der Waals surface area contributed by atoms with Crippen LogP contribution in [0.4, 0.5) is 0 Å². The molecule has 2 N–H and O–H groups in total. The van der Waals surface area contributed by atoms with E-state index in [1.54, 1.807) is 7.11 Å². The molecule has 2 rings (SSSR count). The minimum absolute atomic E-state index is 0.200. The van der Waals surface area contributed by atoms with E-state index in [4.69, 9.17) is 4.74 Å². The quantitative estimate of drug-likeness (QED) is 0.793. The van der Waals surface area contributed by atoms with Gasteiger partial charge in [-0.2, -0.15) is 0 Å². The maximum absolute atomic E-state index is 12.9. The van der Waals surface area contributed by atoms with Gasteiger partial charge in [-0.05, 0) is 44.7 Å². The van der Waals surface area contributed by atoms with E-state index in [9.17, 15) is 4.79 Å². The zero-order chi connectivity index (χ0) is 16.0. The number of nitrogens with one attached hydrogen (secondary N) is 2. The van der Waals surface area contributed by atoms with Crippen LogP contribution in [0.5, 0.6) is 0 Å². The molecule has 2 unspecified atom stereocenters. The summed E-state index contributed by atoms with van der Waals surface area (Å²) >= 11 is 0. The van der Waals surface area contributed by atoms with E-state index in [2.05, 4.69) is 24.5 Å². The Morgan fingerprint density at radius 2 is 1.86 bits per heavy atom. The van der Waals surface area contributed by atoms with Gasteiger partial charge in [0.15, 0.2) is 0 Å². The second kappa shape index (κ2) is 8.30. The van der Waals surface area contributed by atoms with E-state index in [0.29, 0.717) is 12.5 Å². The molecule has 1 saturated carbocycles. The molecule has 2 atom stereocenters. The Morgan fingerprint density at radius 1 is 1.23 bits per heavy atom. The Bertz CT molecular complexity index is 341. The summed E-state index contributed by atoms with van der Waals surface area (Å²) in [5.74, 6) is 1.53. The molecule has 0 bridgehead atoms. The van der Waals surface area contributed by atoms with E-state index >= 15 is 0 Å². The van der Waals surface area contributed by atoms with Crippen molar-refractivity contribution in [2.45, 2.75) is 64.8 Å². The molecule has 2 aliphatic rings. The van der Waals surface area contributed by atoms with Crippen LogP contribution in [0.3, 0.4) is 0 Å². The average molecular weight is 310 g/mol. The number of amides is 1. The molecule has 0 radical (unpaired) electrons. The highest BCUT2D eigenvalue weighted by Crippen LogP contribution is 2.33. The summed E-state index contributed by atoms with van der Waals surface area (Å²) in [4.78, 5) is 12.9. The second-order valence-electron chi connectivity index (χ2n) is 7.48. The van der Waals surface area contributed by atoms with E-state index in [-0.39, 0.29) is 17.4 Å². The molecule has 0 aromatic carbocycles. The lowest BCUT2D eigenvalue weighted by Gasteiger charge is -2.38. The van der Waals surface area contributed by atoms with Gasteiger partial charge in [0.25, 0.3) is 0 Å². The monoisotopic (exact) mass is 310 g/mol. The maximum atomic E-state index is 12.9. The number of hydrogen-bond donors (Lipinski definition) is 2. The van der Waals surface area contributed by atoms with E-state index < -0.39 is 0 Å². The summed E-state index contributed by atoms with van der Waals surface area (Å²) in [6, 6.07) is 0.249. The summed E-state index contributed by atoms with van der Waals surface area (Å²) in [6.07, 6.45) is 8.50. The first-order valence-electron chi connectivity index (χ1n) is 9.10. The molecule has 0 spiro atoms. The van der Waals surface area contributed by atoms with Crippen LogP contribution < -0.4 is 10.6 Å². The molecule has 1 saturated heterocycles. The van der Waals surface area contributed by atoms with Gasteiger partial charge in [0.2, 0.25) is 5.91 Å². The minimum Gasteiger partial charge on any atom is -0.384 e. The van der Waals surface area contributed by atoms with Crippen LogP contribution >= 0.6 is 0 Å². The Labute approximate surface area is 135 Å². The van der Waals surface area contributed by atoms with Gasteiger partial charge in [-0.25, -0.2) is 0 Å².